The number of halogens is 1. The van der Waals surface area contributed by atoms with Crippen molar-refractivity contribution in [1.82, 2.24) is 4.72 Å². The van der Waals surface area contributed by atoms with E-state index in [9.17, 15) is 8.42 Å². The van der Waals surface area contributed by atoms with E-state index in [1.54, 1.807) is 6.92 Å². The zero-order chi connectivity index (χ0) is 11.5. The molecule has 84 valence electrons. The minimum Gasteiger partial charge on any atom is -0.211 e. The van der Waals surface area contributed by atoms with Gasteiger partial charge in [0.25, 0.3) is 0 Å². The maximum atomic E-state index is 11.3. The third-order valence-corrected chi connectivity index (χ3v) is 4.02. The maximum absolute atomic E-state index is 11.3. The molecule has 0 heterocycles. The van der Waals surface area contributed by atoms with Gasteiger partial charge in [-0.25, -0.2) is 13.1 Å². The van der Waals surface area contributed by atoms with Crippen molar-refractivity contribution >= 4 is 21.6 Å². The minimum absolute atomic E-state index is 0.255. The Labute approximate surface area is 95.5 Å². The van der Waals surface area contributed by atoms with E-state index in [2.05, 4.69) is 4.72 Å². The normalized spacial score (nSPS) is 13.8. The van der Waals surface area contributed by atoms with E-state index in [1.165, 1.54) is 0 Å². The molecule has 1 unspecified atom stereocenters. The molecule has 5 heteroatoms. The second-order valence-electron chi connectivity index (χ2n) is 3.42. The van der Waals surface area contributed by atoms with Crippen LogP contribution in [0.5, 0.6) is 0 Å². The summed E-state index contributed by atoms with van der Waals surface area (Å²) >= 11 is 5.31. The van der Waals surface area contributed by atoms with Crippen LogP contribution in [0.4, 0.5) is 0 Å². The number of rotatable bonds is 4. The fourth-order valence-corrected chi connectivity index (χ4v) is 2.35. The van der Waals surface area contributed by atoms with Gasteiger partial charge in [0.15, 0.2) is 0 Å². The maximum Gasteiger partial charge on any atom is 0.226 e. The van der Waals surface area contributed by atoms with Crippen LogP contribution in [-0.2, 0) is 10.0 Å². The Bertz CT molecular complexity index is 431. The number of alkyl halides is 1. The van der Waals surface area contributed by atoms with Crippen molar-refractivity contribution in [2.75, 3.05) is 5.21 Å². The topological polar surface area (TPSA) is 46.2 Å². The summed E-state index contributed by atoms with van der Waals surface area (Å²) in [7, 11) is -3.37. The fourth-order valence-electron chi connectivity index (χ4n) is 1.44. The first kappa shape index (κ1) is 12.5. The van der Waals surface area contributed by atoms with Gasteiger partial charge in [0, 0.05) is 6.04 Å². The smallest absolute Gasteiger partial charge is 0.211 e. The zero-order valence-corrected chi connectivity index (χ0v) is 10.3. The highest BCUT2D eigenvalue weighted by Crippen LogP contribution is 2.17. The molecule has 0 saturated heterocycles. The molecule has 0 radical (unpaired) electrons. The van der Waals surface area contributed by atoms with Crippen molar-refractivity contribution < 1.29 is 8.42 Å². The van der Waals surface area contributed by atoms with Crippen LogP contribution in [0.1, 0.15) is 24.1 Å². The van der Waals surface area contributed by atoms with Crippen molar-refractivity contribution in [3.05, 3.63) is 35.4 Å². The van der Waals surface area contributed by atoms with Gasteiger partial charge in [0.1, 0.15) is 5.21 Å². The largest absolute Gasteiger partial charge is 0.226 e. The molecule has 1 N–H and O–H groups in total. The molecule has 1 rings (SSSR count). The van der Waals surface area contributed by atoms with Gasteiger partial charge in [0.05, 0.1) is 0 Å². The number of aryl methyl sites for hydroxylation is 1. The summed E-state index contributed by atoms with van der Waals surface area (Å²) in [4.78, 5) is 0. The van der Waals surface area contributed by atoms with E-state index in [0.29, 0.717) is 0 Å². The summed E-state index contributed by atoms with van der Waals surface area (Å²) in [5.74, 6) is 0. The molecule has 0 aliphatic rings. The number of benzene rings is 1. The predicted molar refractivity (Wildman–Crippen MR) is 62.4 cm³/mol. The molecule has 15 heavy (non-hydrogen) atoms. The minimum atomic E-state index is -3.37. The Morgan fingerprint density at radius 2 is 2.00 bits per heavy atom. The summed E-state index contributed by atoms with van der Waals surface area (Å²) in [5, 5.41) is -0.413. The second kappa shape index (κ2) is 4.96. The van der Waals surface area contributed by atoms with E-state index in [-0.39, 0.29) is 6.04 Å². The molecule has 0 saturated carbocycles. The molecule has 0 fully saturated rings. The summed E-state index contributed by atoms with van der Waals surface area (Å²) in [6, 6.07) is 7.39. The Balaban J connectivity index is 2.87. The highest BCUT2D eigenvalue weighted by Gasteiger charge is 2.15. The summed E-state index contributed by atoms with van der Waals surface area (Å²) in [6.07, 6.45) is 0. The average molecular weight is 248 g/mol. The Hall–Kier alpha value is -0.580. The molecule has 0 aliphatic carbocycles. The molecule has 1 aromatic carbocycles. The molecule has 0 spiro atoms. The van der Waals surface area contributed by atoms with Crippen LogP contribution in [0.2, 0.25) is 0 Å². The van der Waals surface area contributed by atoms with E-state index in [1.807, 2.05) is 31.2 Å². The molecule has 0 aliphatic heterocycles. The first-order valence-corrected chi connectivity index (χ1v) is 6.76. The van der Waals surface area contributed by atoms with Crippen LogP contribution < -0.4 is 4.72 Å². The van der Waals surface area contributed by atoms with E-state index >= 15 is 0 Å². The molecule has 0 aromatic heterocycles. The van der Waals surface area contributed by atoms with Crippen molar-refractivity contribution in [2.24, 2.45) is 0 Å². The predicted octanol–water partition coefficient (Wildman–Crippen LogP) is 2.17. The molecule has 1 aromatic rings. The Morgan fingerprint density at radius 1 is 1.40 bits per heavy atom. The molecular weight excluding hydrogens is 234 g/mol. The number of sulfonamides is 1. The number of hydrogen-bond donors (Lipinski definition) is 1. The lowest BCUT2D eigenvalue weighted by molar-refractivity contribution is 0.571. The van der Waals surface area contributed by atoms with Crippen LogP contribution in [-0.4, -0.2) is 13.6 Å². The van der Waals surface area contributed by atoms with Crippen LogP contribution in [0.15, 0.2) is 24.3 Å². The van der Waals surface area contributed by atoms with Crippen molar-refractivity contribution in [3.8, 4) is 0 Å². The molecular formula is C10H14ClNO2S. The lowest BCUT2D eigenvalue weighted by atomic mass is 10.0. The van der Waals surface area contributed by atoms with Crippen molar-refractivity contribution in [1.29, 1.82) is 0 Å². The zero-order valence-electron chi connectivity index (χ0n) is 8.70. The highest BCUT2D eigenvalue weighted by molar-refractivity contribution is 7.90. The number of hydrogen-bond acceptors (Lipinski definition) is 2. The van der Waals surface area contributed by atoms with Crippen LogP contribution in [0.25, 0.3) is 0 Å². The number of nitrogens with one attached hydrogen (secondary N) is 1. The van der Waals surface area contributed by atoms with Gasteiger partial charge in [-0.05, 0) is 25.0 Å². The van der Waals surface area contributed by atoms with Gasteiger partial charge in [-0.1, -0.05) is 24.3 Å². The molecule has 0 bridgehead atoms. The van der Waals surface area contributed by atoms with Gasteiger partial charge >= 0.3 is 0 Å². The lowest BCUT2D eigenvalue weighted by Crippen LogP contribution is -2.27. The molecule has 0 amide bonds. The summed E-state index contributed by atoms with van der Waals surface area (Å²) < 4.78 is 25.0. The van der Waals surface area contributed by atoms with Gasteiger partial charge in [-0.15, -0.1) is 11.6 Å². The third-order valence-electron chi connectivity index (χ3n) is 2.15. The van der Waals surface area contributed by atoms with Crippen LogP contribution >= 0.6 is 11.6 Å². The van der Waals surface area contributed by atoms with E-state index in [4.69, 9.17) is 11.6 Å². The monoisotopic (exact) mass is 247 g/mol. The van der Waals surface area contributed by atoms with Crippen molar-refractivity contribution in [3.63, 3.8) is 0 Å². The SMILES string of the molecule is Cc1ccccc1C(C)NS(=O)(=O)CCl. The standard InChI is InChI=1S/C10H14ClNO2S/c1-8-5-3-4-6-10(8)9(2)12-15(13,14)7-11/h3-6,9,12H,7H2,1-2H3. The highest BCUT2D eigenvalue weighted by atomic mass is 35.5. The van der Waals surface area contributed by atoms with Crippen molar-refractivity contribution in [2.45, 2.75) is 19.9 Å². The Kier molecular flexibility index (Phi) is 4.13. The molecule has 1 atom stereocenters. The van der Waals surface area contributed by atoms with Gasteiger partial charge < -0.3 is 0 Å². The second-order valence-corrected chi connectivity index (χ2v) is 5.76. The Morgan fingerprint density at radius 3 is 2.53 bits per heavy atom. The van der Waals surface area contributed by atoms with E-state index in [0.717, 1.165) is 11.1 Å². The first-order chi connectivity index (χ1) is 6.96. The van der Waals surface area contributed by atoms with Crippen LogP contribution in [0.3, 0.4) is 0 Å². The first-order valence-electron chi connectivity index (χ1n) is 4.58. The third kappa shape index (κ3) is 3.48. The fraction of sp³-hybridized carbons (Fsp3) is 0.400. The van der Waals surface area contributed by atoms with Crippen LogP contribution in [0, 0.1) is 6.92 Å². The van der Waals surface area contributed by atoms with E-state index < -0.39 is 15.2 Å². The van der Waals surface area contributed by atoms with Gasteiger partial charge in [-0.3, -0.25) is 0 Å². The lowest BCUT2D eigenvalue weighted by Gasteiger charge is -2.15. The van der Waals surface area contributed by atoms with Gasteiger partial charge in [-0.2, -0.15) is 0 Å². The molecule has 3 nitrogen and oxygen atoms in total. The summed E-state index contributed by atoms with van der Waals surface area (Å²) in [6.45, 7) is 3.74. The average Bonchev–Trinajstić information content (AvgIpc) is 2.17. The quantitative estimate of drug-likeness (QED) is 0.829. The summed E-state index contributed by atoms with van der Waals surface area (Å²) in [5.41, 5.74) is 2.02. The van der Waals surface area contributed by atoms with Gasteiger partial charge in [0.2, 0.25) is 10.0 Å².